The standard InChI is InChI=1S/C10H15N3O3S/c1-12(9-3-6-17(15,16)8-9)10(14)7-13-5-2-4-11-13/h2,4-5,9H,3,6-8H2,1H3. The van der Waals surface area contributed by atoms with E-state index < -0.39 is 9.84 Å². The maximum atomic E-state index is 11.9. The van der Waals surface area contributed by atoms with Crippen LogP contribution in [0.25, 0.3) is 0 Å². The topological polar surface area (TPSA) is 72.3 Å². The van der Waals surface area contributed by atoms with E-state index in [-0.39, 0.29) is 30.0 Å². The van der Waals surface area contributed by atoms with Crippen LogP contribution in [0.5, 0.6) is 0 Å². The van der Waals surface area contributed by atoms with E-state index in [0.29, 0.717) is 6.42 Å². The SMILES string of the molecule is CN(C(=O)Cn1cccn1)C1CCS(=O)(=O)C1. The molecule has 94 valence electrons. The molecule has 2 rings (SSSR count). The summed E-state index contributed by atoms with van der Waals surface area (Å²) < 4.78 is 24.2. The zero-order valence-corrected chi connectivity index (χ0v) is 10.4. The minimum absolute atomic E-state index is 0.0777. The third kappa shape index (κ3) is 2.85. The average molecular weight is 257 g/mol. The first-order chi connectivity index (χ1) is 7.98. The molecule has 1 amide bonds. The molecule has 1 aliphatic heterocycles. The minimum Gasteiger partial charge on any atom is -0.340 e. The monoisotopic (exact) mass is 257 g/mol. The predicted octanol–water partition coefficient (Wildman–Crippen LogP) is -0.471. The Morgan fingerprint density at radius 3 is 2.88 bits per heavy atom. The number of amides is 1. The van der Waals surface area contributed by atoms with Gasteiger partial charge in [-0.25, -0.2) is 8.42 Å². The third-order valence-electron chi connectivity index (χ3n) is 3.01. The second-order valence-corrected chi connectivity index (χ2v) is 6.49. The Labute approximate surface area is 100 Å². The molecule has 0 bridgehead atoms. The van der Waals surface area contributed by atoms with Crippen molar-refractivity contribution in [1.82, 2.24) is 14.7 Å². The molecule has 1 fully saturated rings. The number of carbonyl (C=O) groups excluding carboxylic acids is 1. The highest BCUT2D eigenvalue weighted by atomic mass is 32.2. The maximum absolute atomic E-state index is 11.9. The number of hydrogen-bond acceptors (Lipinski definition) is 4. The molecular formula is C10H15N3O3S. The Hall–Kier alpha value is -1.37. The predicted molar refractivity (Wildman–Crippen MR) is 62.1 cm³/mol. The van der Waals surface area contributed by atoms with E-state index in [9.17, 15) is 13.2 Å². The largest absolute Gasteiger partial charge is 0.340 e. The van der Waals surface area contributed by atoms with Crippen molar-refractivity contribution in [3.05, 3.63) is 18.5 Å². The molecular weight excluding hydrogens is 242 g/mol. The minimum atomic E-state index is -2.95. The molecule has 0 radical (unpaired) electrons. The second-order valence-electron chi connectivity index (χ2n) is 4.27. The molecule has 1 aromatic rings. The maximum Gasteiger partial charge on any atom is 0.244 e. The van der Waals surface area contributed by atoms with Gasteiger partial charge in [0.15, 0.2) is 9.84 Å². The lowest BCUT2D eigenvalue weighted by Crippen LogP contribution is -2.39. The van der Waals surface area contributed by atoms with E-state index in [1.807, 2.05) is 0 Å². The Bertz CT molecular complexity index is 495. The number of likely N-dealkylation sites (N-methyl/N-ethyl adjacent to an activating group) is 1. The molecule has 6 nitrogen and oxygen atoms in total. The van der Waals surface area contributed by atoms with Crippen LogP contribution in [0.4, 0.5) is 0 Å². The summed E-state index contributed by atoms with van der Waals surface area (Å²) in [6.07, 6.45) is 3.84. The molecule has 1 aromatic heterocycles. The Morgan fingerprint density at radius 1 is 1.59 bits per heavy atom. The van der Waals surface area contributed by atoms with E-state index >= 15 is 0 Å². The van der Waals surface area contributed by atoms with Gasteiger partial charge in [0.25, 0.3) is 0 Å². The molecule has 0 saturated carbocycles. The molecule has 0 aliphatic carbocycles. The van der Waals surface area contributed by atoms with Crippen molar-refractivity contribution in [3.63, 3.8) is 0 Å². The van der Waals surface area contributed by atoms with Crippen molar-refractivity contribution < 1.29 is 13.2 Å². The smallest absolute Gasteiger partial charge is 0.244 e. The molecule has 7 heteroatoms. The summed E-state index contributed by atoms with van der Waals surface area (Å²) in [6.45, 7) is 0.153. The Balaban J connectivity index is 1.96. The van der Waals surface area contributed by atoms with Crippen molar-refractivity contribution in [2.45, 2.75) is 19.0 Å². The summed E-state index contributed by atoms with van der Waals surface area (Å²) in [7, 11) is -1.30. The molecule has 0 spiro atoms. The number of carbonyl (C=O) groups is 1. The second kappa shape index (κ2) is 4.48. The van der Waals surface area contributed by atoms with E-state index in [1.54, 1.807) is 25.5 Å². The van der Waals surface area contributed by atoms with Crippen LogP contribution >= 0.6 is 0 Å². The molecule has 1 aliphatic rings. The number of sulfone groups is 1. The first-order valence-corrected chi connectivity index (χ1v) is 7.23. The van der Waals surface area contributed by atoms with Crippen LogP contribution in [-0.4, -0.2) is 53.6 Å². The van der Waals surface area contributed by atoms with Gasteiger partial charge in [0.05, 0.1) is 11.5 Å². The van der Waals surface area contributed by atoms with E-state index in [1.165, 1.54) is 9.58 Å². The van der Waals surface area contributed by atoms with Gasteiger partial charge in [0.2, 0.25) is 5.91 Å². The lowest BCUT2D eigenvalue weighted by Gasteiger charge is -2.23. The van der Waals surface area contributed by atoms with Crippen molar-refractivity contribution in [3.8, 4) is 0 Å². The molecule has 0 aromatic carbocycles. The van der Waals surface area contributed by atoms with Crippen molar-refractivity contribution >= 4 is 15.7 Å². The fourth-order valence-corrected chi connectivity index (χ4v) is 3.70. The van der Waals surface area contributed by atoms with E-state index in [2.05, 4.69) is 5.10 Å². The normalized spacial score (nSPS) is 22.5. The molecule has 1 unspecified atom stereocenters. The van der Waals surface area contributed by atoms with Crippen molar-refractivity contribution in [2.24, 2.45) is 0 Å². The highest BCUT2D eigenvalue weighted by Gasteiger charge is 2.32. The van der Waals surface area contributed by atoms with E-state index in [4.69, 9.17) is 0 Å². The van der Waals surface area contributed by atoms with Gasteiger partial charge in [-0.2, -0.15) is 5.10 Å². The summed E-state index contributed by atoms with van der Waals surface area (Å²) in [4.78, 5) is 13.4. The van der Waals surface area contributed by atoms with Crippen LogP contribution < -0.4 is 0 Å². The van der Waals surface area contributed by atoms with Gasteiger partial charge >= 0.3 is 0 Å². The number of rotatable bonds is 3. The summed E-state index contributed by atoms with van der Waals surface area (Å²) in [5.74, 6) is 0.140. The highest BCUT2D eigenvalue weighted by molar-refractivity contribution is 7.91. The Morgan fingerprint density at radius 2 is 2.35 bits per heavy atom. The lowest BCUT2D eigenvalue weighted by molar-refractivity contribution is -0.132. The first-order valence-electron chi connectivity index (χ1n) is 5.41. The quantitative estimate of drug-likeness (QED) is 0.734. The number of nitrogens with zero attached hydrogens (tertiary/aromatic N) is 3. The summed E-state index contributed by atoms with van der Waals surface area (Å²) in [5.41, 5.74) is 0. The zero-order valence-electron chi connectivity index (χ0n) is 9.61. The number of hydrogen-bond donors (Lipinski definition) is 0. The third-order valence-corrected chi connectivity index (χ3v) is 4.76. The summed E-state index contributed by atoms with van der Waals surface area (Å²) in [6, 6.07) is 1.55. The van der Waals surface area contributed by atoms with Gasteiger partial charge in [-0.05, 0) is 12.5 Å². The first kappa shape index (κ1) is 12.1. The van der Waals surface area contributed by atoms with Gasteiger partial charge in [0.1, 0.15) is 6.54 Å². The van der Waals surface area contributed by atoms with Gasteiger partial charge < -0.3 is 4.90 Å². The molecule has 2 heterocycles. The fraction of sp³-hybridized carbons (Fsp3) is 0.600. The van der Waals surface area contributed by atoms with Gasteiger partial charge in [-0.1, -0.05) is 0 Å². The molecule has 1 saturated heterocycles. The Kier molecular flexibility index (Phi) is 3.19. The van der Waals surface area contributed by atoms with Crippen LogP contribution in [0, 0.1) is 0 Å². The summed E-state index contributed by atoms with van der Waals surface area (Å²) in [5, 5.41) is 3.94. The molecule has 17 heavy (non-hydrogen) atoms. The van der Waals surface area contributed by atoms with E-state index in [0.717, 1.165) is 0 Å². The molecule has 1 atom stereocenters. The highest BCUT2D eigenvalue weighted by Crippen LogP contribution is 2.16. The van der Waals surface area contributed by atoms with Gasteiger partial charge in [0, 0.05) is 25.5 Å². The lowest BCUT2D eigenvalue weighted by atomic mass is 10.2. The fourth-order valence-electron chi connectivity index (χ4n) is 1.93. The van der Waals surface area contributed by atoms with Crippen LogP contribution in [0.3, 0.4) is 0 Å². The van der Waals surface area contributed by atoms with Crippen LogP contribution in [0.15, 0.2) is 18.5 Å². The number of aromatic nitrogens is 2. The summed E-state index contributed by atoms with van der Waals surface area (Å²) >= 11 is 0. The van der Waals surface area contributed by atoms with Gasteiger partial charge in [-0.15, -0.1) is 0 Å². The van der Waals surface area contributed by atoms with Crippen molar-refractivity contribution in [1.29, 1.82) is 0 Å². The van der Waals surface area contributed by atoms with Crippen LogP contribution in [-0.2, 0) is 21.2 Å². The van der Waals surface area contributed by atoms with Crippen LogP contribution in [0.1, 0.15) is 6.42 Å². The van der Waals surface area contributed by atoms with Gasteiger partial charge in [-0.3, -0.25) is 9.48 Å². The van der Waals surface area contributed by atoms with Crippen molar-refractivity contribution in [2.75, 3.05) is 18.6 Å². The van der Waals surface area contributed by atoms with Crippen LogP contribution in [0.2, 0.25) is 0 Å². The zero-order chi connectivity index (χ0) is 12.5. The average Bonchev–Trinajstić information content (AvgIpc) is 2.86. The molecule has 0 N–H and O–H groups in total.